The molecule has 0 bridgehead atoms. The van der Waals surface area contributed by atoms with Gasteiger partial charge in [0, 0.05) is 6.20 Å². The van der Waals surface area contributed by atoms with Gasteiger partial charge in [-0.15, -0.1) is 0 Å². The lowest BCUT2D eigenvalue weighted by Crippen LogP contribution is -2.46. The molecule has 0 unspecified atom stereocenters. The summed E-state index contributed by atoms with van der Waals surface area (Å²) in [7, 11) is 0. The van der Waals surface area contributed by atoms with Gasteiger partial charge in [-0.05, 0) is 56.2 Å². The Balaban J connectivity index is 1.50. The van der Waals surface area contributed by atoms with Crippen LogP contribution < -0.4 is 10.1 Å². The lowest BCUT2D eigenvalue weighted by atomic mass is 9.58. The zero-order chi connectivity index (χ0) is 14.9. The molecule has 21 heavy (non-hydrogen) atoms. The van der Waals surface area contributed by atoms with Gasteiger partial charge < -0.3 is 10.1 Å². The highest BCUT2D eigenvalue weighted by molar-refractivity contribution is 5.25. The summed E-state index contributed by atoms with van der Waals surface area (Å²) < 4.78 is 43.2. The molecule has 1 spiro atoms. The van der Waals surface area contributed by atoms with Crippen molar-refractivity contribution in [3.8, 4) is 5.75 Å². The molecule has 3 nitrogen and oxygen atoms in total. The first-order valence-corrected chi connectivity index (χ1v) is 7.33. The molecule has 1 N–H and O–H groups in total. The molecule has 2 heterocycles. The summed E-state index contributed by atoms with van der Waals surface area (Å²) in [5.74, 6) is 0.661. The Kier molecular flexibility index (Phi) is 3.82. The fraction of sp³-hybridized carbons (Fsp3) is 0.667. The maximum absolute atomic E-state index is 12.6. The van der Waals surface area contributed by atoms with Gasteiger partial charge in [-0.3, -0.25) is 4.98 Å². The lowest BCUT2D eigenvalue weighted by molar-refractivity contribution is -0.138. The minimum Gasteiger partial charge on any atom is -0.492 e. The van der Waals surface area contributed by atoms with Crippen molar-refractivity contribution in [1.82, 2.24) is 10.3 Å². The van der Waals surface area contributed by atoms with E-state index in [0.29, 0.717) is 17.9 Å². The van der Waals surface area contributed by atoms with Crippen LogP contribution in [0.15, 0.2) is 18.5 Å². The van der Waals surface area contributed by atoms with Crippen LogP contribution in [0.25, 0.3) is 0 Å². The van der Waals surface area contributed by atoms with Crippen LogP contribution in [-0.2, 0) is 6.18 Å². The quantitative estimate of drug-likeness (QED) is 0.930. The second-order valence-corrected chi connectivity index (χ2v) is 6.24. The van der Waals surface area contributed by atoms with E-state index in [-0.39, 0.29) is 5.75 Å². The normalized spacial score (nSPS) is 22.0. The monoisotopic (exact) mass is 300 g/mol. The van der Waals surface area contributed by atoms with Gasteiger partial charge in [-0.2, -0.15) is 13.2 Å². The molecule has 0 aromatic carbocycles. The highest BCUT2D eigenvalue weighted by atomic mass is 19.4. The number of piperidine rings is 1. The first-order chi connectivity index (χ1) is 9.97. The largest absolute Gasteiger partial charge is 0.492 e. The van der Waals surface area contributed by atoms with Gasteiger partial charge in [0.15, 0.2) is 0 Å². The van der Waals surface area contributed by atoms with Crippen molar-refractivity contribution in [2.45, 2.75) is 31.9 Å². The summed E-state index contributed by atoms with van der Waals surface area (Å²) >= 11 is 0. The number of nitrogens with one attached hydrogen (secondary N) is 1. The number of pyridine rings is 1. The summed E-state index contributed by atoms with van der Waals surface area (Å²) in [5, 5.41) is 3.36. The predicted octanol–water partition coefficient (Wildman–Crippen LogP) is 3.26. The number of hydrogen-bond donors (Lipinski definition) is 1. The Hall–Kier alpha value is -1.30. The number of ether oxygens (including phenoxy) is 1. The third kappa shape index (κ3) is 3.31. The Morgan fingerprint density at radius 1 is 1.24 bits per heavy atom. The SMILES string of the molecule is FC(F)(F)c1cncc(OCC2CC3(CCNCC3)C2)c1. The molecule has 1 saturated heterocycles. The number of halogens is 3. The van der Waals surface area contributed by atoms with Crippen LogP contribution in [-0.4, -0.2) is 24.7 Å². The van der Waals surface area contributed by atoms with Gasteiger partial charge in [-0.25, -0.2) is 0 Å². The Bertz CT molecular complexity index is 490. The fourth-order valence-electron chi connectivity index (χ4n) is 3.52. The first-order valence-electron chi connectivity index (χ1n) is 7.33. The van der Waals surface area contributed by atoms with Crippen molar-refractivity contribution in [3.05, 3.63) is 24.0 Å². The summed E-state index contributed by atoms with van der Waals surface area (Å²) in [6.45, 7) is 2.63. The van der Waals surface area contributed by atoms with Crippen molar-refractivity contribution >= 4 is 0 Å². The zero-order valence-electron chi connectivity index (χ0n) is 11.7. The van der Waals surface area contributed by atoms with E-state index in [1.54, 1.807) is 0 Å². The van der Waals surface area contributed by atoms with E-state index in [2.05, 4.69) is 10.3 Å². The van der Waals surface area contributed by atoms with Crippen molar-refractivity contribution < 1.29 is 17.9 Å². The summed E-state index contributed by atoms with van der Waals surface area (Å²) in [6.07, 6.45) is 2.45. The van der Waals surface area contributed by atoms with E-state index in [9.17, 15) is 13.2 Å². The van der Waals surface area contributed by atoms with Crippen LogP contribution in [0.4, 0.5) is 13.2 Å². The molecule has 1 saturated carbocycles. The minimum absolute atomic E-state index is 0.205. The van der Waals surface area contributed by atoms with Gasteiger partial charge in [0.2, 0.25) is 0 Å². The number of nitrogens with zero attached hydrogens (tertiary/aromatic N) is 1. The maximum Gasteiger partial charge on any atom is 0.418 e. The van der Waals surface area contributed by atoms with Crippen LogP contribution in [0.5, 0.6) is 5.75 Å². The van der Waals surface area contributed by atoms with Gasteiger partial charge in [0.05, 0.1) is 18.4 Å². The molecule has 6 heteroatoms. The first kappa shape index (κ1) is 14.6. The predicted molar refractivity (Wildman–Crippen MR) is 72.0 cm³/mol. The van der Waals surface area contributed by atoms with E-state index in [0.717, 1.165) is 38.2 Å². The Morgan fingerprint density at radius 2 is 1.95 bits per heavy atom. The third-order valence-electron chi connectivity index (χ3n) is 4.63. The van der Waals surface area contributed by atoms with Crippen LogP contribution in [0.1, 0.15) is 31.2 Å². The standard InChI is InChI=1S/C15H19F3N2O/c16-15(17,18)12-5-13(9-20-8-12)21-10-11-6-14(7-11)1-3-19-4-2-14/h5,8-9,11,19H,1-4,6-7,10H2. The van der Waals surface area contributed by atoms with Crippen molar-refractivity contribution in [3.63, 3.8) is 0 Å². The van der Waals surface area contributed by atoms with E-state index in [1.165, 1.54) is 19.0 Å². The van der Waals surface area contributed by atoms with Crippen LogP contribution in [0.2, 0.25) is 0 Å². The van der Waals surface area contributed by atoms with E-state index >= 15 is 0 Å². The molecule has 1 aromatic heterocycles. The molecule has 1 aliphatic carbocycles. The van der Waals surface area contributed by atoms with E-state index in [4.69, 9.17) is 4.74 Å². The molecule has 0 atom stereocenters. The highest BCUT2D eigenvalue weighted by Gasteiger charge is 2.44. The smallest absolute Gasteiger partial charge is 0.418 e. The number of rotatable bonds is 3. The molecule has 116 valence electrons. The average molecular weight is 300 g/mol. The van der Waals surface area contributed by atoms with Crippen molar-refractivity contribution in [2.24, 2.45) is 11.3 Å². The Morgan fingerprint density at radius 3 is 2.62 bits per heavy atom. The van der Waals surface area contributed by atoms with Crippen molar-refractivity contribution in [1.29, 1.82) is 0 Å². The summed E-state index contributed by atoms with van der Waals surface area (Å²) in [6, 6.07) is 1.02. The second kappa shape index (κ2) is 5.48. The van der Waals surface area contributed by atoms with E-state index < -0.39 is 11.7 Å². The van der Waals surface area contributed by atoms with Crippen LogP contribution in [0, 0.1) is 11.3 Å². The zero-order valence-corrected chi connectivity index (χ0v) is 11.7. The maximum atomic E-state index is 12.6. The molecule has 1 aromatic rings. The fourth-order valence-corrected chi connectivity index (χ4v) is 3.52. The molecular weight excluding hydrogens is 281 g/mol. The number of aromatic nitrogens is 1. The molecule has 2 fully saturated rings. The van der Waals surface area contributed by atoms with Gasteiger partial charge in [0.1, 0.15) is 5.75 Å². The highest BCUT2D eigenvalue weighted by Crippen LogP contribution is 2.51. The third-order valence-corrected chi connectivity index (χ3v) is 4.63. The van der Waals surface area contributed by atoms with Crippen LogP contribution >= 0.6 is 0 Å². The van der Waals surface area contributed by atoms with E-state index in [1.807, 2.05) is 0 Å². The minimum atomic E-state index is -4.37. The molecule has 1 aliphatic heterocycles. The lowest BCUT2D eigenvalue weighted by Gasteiger charge is -2.50. The summed E-state index contributed by atoms with van der Waals surface area (Å²) in [4.78, 5) is 3.60. The summed E-state index contributed by atoms with van der Waals surface area (Å²) in [5.41, 5.74) is -0.297. The van der Waals surface area contributed by atoms with Crippen LogP contribution in [0.3, 0.4) is 0 Å². The average Bonchev–Trinajstić information content (AvgIpc) is 2.43. The van der Waals surface area contributed by atoms with Gasteiger partial charge in [0.25, 0.3) is 0 Å². The van der Waals surface area contributed by atoms with Gasteiger partial charge in [-0.1, -0.05) is 0 Å². The van der Waals surface area contributed by atoms with Gasteiger partial charge >= 0.3 is 6.18 Å². The number of alkyl halides is 3. The molecule has 0 radical (unpaired) electrons. The second-order valence-electron chi connectivity index (χ2n) is 6.24. The molecule has 2 aliphatic rings. The number of hydrogen-bond acceptors (Lipinski definition) is 3. The molecule has 3 rings (SSSR count). The Labute approximate surface area is 121 Å². The van der Waals surface area contributed by atoms with Crippen molar-refractivity contribution in [2.75, 3.05) is 19.7 Å². The molecule has 0 amide bonds. The topological polar surface area (TPSA) is 34.1 Å². The molecular formula is C15H19F3N2O.